The molecule has 2 aromatic rings. The molecule has 0 saturated heterocycles. The minimum atomic E-state index is -0.910. The van der Waals surface area contributed by atoms with Gasteiger partial charge in [-0.2, -0.15) is 0 Å². The number of nitrogens with zero attached hydrogens (tertiary/aromatic N) is 1. The van der Waals surface area contributed by atoms with Gasteiger partial charge in [-0.15, -0.1) is 0 Å². The first-order valence-corrected chi connectivity index (χ1v) is 7.24. The van der Waals surface area contributed by atoms with Crippen molar-refractivity contribution in [2.75, 3.05) is 0 Å². The molecule has 5 heteroatoms. The molecule has 0 radical (unpaired) electrons. The predicted octanol–water partition coefficient (Wildman–Crippen LogP) is 3.21. The van der Waals surface area contributed by atoms with Gasteiger partial charge >= 0.3 is 11.9 Å². The van der Waals surface area contributed by atoms with Crippen LogP contribution in [0.15, 0.2) is 42.5 Å². The number of benzene rings is 1. The summed E-state index contributed by atoms with van der Waals surface area (Å²) in [5, 5.41) is 18.4. The molecular formula is C17H19NO4. The van der Waals surface area contributed by atoms with Crippen molar-refractivity contribution in [1.82, 2.24) is 4.57 Å². The molecule has 0 bridgehead atoms. The monoisotopic (exact) mass is 301 g/mol. The summed E-state index contributed by atoms with van der Waals surface area (Å²) in [4.78, 5) is 22.4. The SMILES string of the molecule is CCC(C(=O)O)n1c(CCC(=O)O)ccc1-c1ccccc1. The fourth-order valence-corrected chi connectivity index (χ4v) is 2.61. The summed E-state index contributed by atoms with van der Waals surface area (Å²) < 4.78 is 1.75. The van der Waals surface area contributed by atoms with Crippen molar-refractivity contribution >= 4 is 11.9 Å². The Morgan fingerprint density at radius 2 is 1.77 bits per heavy atom. The van der Waals surface area contributed by atoms with E-state index in [2.05, 4.69) is 0 Å². The molecule has 116 valence electrons. The topological polar surface area (TPSA) is 79.5 Å². The van der Waals surface area contributed by atoms with Gasteiger partial charge in [0.2, 0.25) is 0 Å². The maximum absolute atomic E-state index is 11.6. The highest BCUT2D eigenvalue weighted by atomic mass is 16.4. The number of carboxylic acid groups (broad SMARTS) is 2. The molecule has 1 heterocycles. The first-order chi connectivity index (χ1) is 10.5. The van der Waals surface area contributed by atoms with E-state index in [1.807, 2.05) is 49.4 Å². The van der Waals surface area contributed by atoms with Gasteiger partial charge in [-0.05, 0) is 30.5 Å². The van der Waals surface area contributed by atoms with E-state index in [9.17, 15) is 14.7 Å². The number of carbonyl (C=O) groups is 2. The van der Waals surface area contributed by atoms with Gasteiger partial charge in [0.05, 0.1) is 6.42 Å². The van der Waals surface area contributed by atoms with Gasteiger partial charge in [0, 0.05) is 11.4 Å². The molecule has 1 atom stereocenters. The van der Waals surface area contributed by atoms with Crippen molar-refractivity contribution in [2.45, 2.75) is 32.2 Å². The van der Waals surface area contributed by atoms with Crippen LogP contribution in [-0.2, 0) is 16.0 Å². The first kappa shape index (κ1) is 15.8. The Morgan fingerprint density at radius 1 is 1.09 bits per heavy atom. The lowest BCUT2D eigenvalue weighted by atomic mass is 10.1. The van der Waals surface area contributed by atoms with Crippen LogP contribution < -0.4 is 0 Å². The molecule has 0 aliphatic heterocycles. The van der Waals surface area contributed by atoms with E-state index in [-0.39, 0.29) is 6.42 Å². The number of aromatic nitrogens is 1. The number of hydrogen-bond acceptors (Lipinski definition) is 2. The third kappa shape index (κ3) is 3.36. The average Bonchev–Trinajstić information content (AvgIpc) is 2.90. The van der Waals surface area contributed by atoms with Crippen molar-refractivity contribution in [3.05, 3.63) is 48.2 Å². The maximum atomic E-state index is 11.6. The van der Waals surface area contributed by atoms with Crippen LogP contribution in [0.4, 0.5) is 0 Å². The Kier molecular flexibility index (Phi) is 4.99. The molecule has 0 saturated carbocycles. The Labute approximate surface area is 128 Å². The second kappa shape index (κ2) is 6.93. The standard InChI is InChI=1S/C17H19NO4/c1-2-14(17(21)22)18-13(9-11-16(19)20)8-10-15(18)12-6-4-3-5-7-12/h3-8,10,14H,2,9,11H2,1H3,(H,19,20)(H,21,22). The van der Waals surface area contributed by atoms with Gasteiger partial charge in [0.15, 0.2) is 0 Å². The molecule has 0 amide bonds. The fourth-order valence-electron chi connectivity index (χ4n) is 2.61. The van der Waals surface area contributed by atoms with Crippen molar-refractivity contribution in [2.24, 2.45) is 0 Å². The molecule has 2 rings (SSSR count). The van der Waals surface area contributed by atoms with E-state index in [0.717, 1.165) is 17.0 Å². The van der Waals surface area contributed by atoms with E-state index in [0.29, 0.717) is 12.8 Å². The van der Waals surface area contributed by atoms with Gasteiger partial charge in [-0.1, -0.05) is 37.3 Å². The Hall–Kier alpha value is -2.56. The van der Waals surface area contributed by atoms with E-state index in [1.165, 1.54) is 0 Å². The van der Waals surface area contributed by atoms with Gasteiger partial charge in [-0.3, -0.25) is 4.79 Å². The van der Waals surface area contributed by atoms with E-state index >= 15 is 0 Å². The Balaban J connectivity index is 2.50. The third-order valence-electron chi connectivity index (χ3n) is 3.65. The summed E-state index contributed by atoms with van der Waals surface area (Å²) >= 11 is 0. The lowest BCUT2D eigenvalue weighted by Gasteiger charge is -2.20. The zero-order valence-electron chi connectivity index (χ0n) is 12.4. The third-order valence-corrected chi connectivity index (χ3v) is 3.65. The van der Waals surface area contributed by atoms with Crippen molar-refractivity contribution in [3.63, 3.8) is 0 Å². The zero-order chi connectivity index (χ0) is 16.1. The second-order valence-corrected chi connectivity index (χ2v) is 5.10. The van der Waals surface area contributed by atoms with Crippen LogP contribution in [0.5, 0.6) is 0 Å². The van der Waals surface area contributed by atoms with Crippen LogP contribution in [0.2, 0.25) is 0 Å². The molecule has 1 aromatic carbocycles. The van der Waals surface area contributed by atoms with Gasteiger partial charge in [0.1, 0.15) is 6.04 Å². The number of rotatable bonds is 7. The van der Waals surface area contributed by atoms with Crippen LogP contribution in [0.3, 0.4) is 0 Å². The summed E-state index contributed by atoms with van der Waals surface area (Å²) in [6, 6.07) is 12.5. The molecule has 1 unspecified atom stereocenters. The van der Waals surface area contributed by atoms with Gasteiger partial charge in [0.25, 0.3) is 0 Å². The largest absolute Gasteiger partial charge is 0.481 e. The summed E-state index contributed by atoms with van der Waals surface area (Å²) in [5.41, 5.74) is 2.45. The molecule has 0 aliphatic rings. The molecule has 0 fully saturated rings. The minimum absolute atomic E-state index is 0.0195. The van der Waals surface area contributed by atoms with E-state index < -0.39 is 18.0 Å². The van der Waals surface area contributed by atoms with Crippen LogP contribution in [0.25, 0.3) is 11.3 Å². The summed E-state index contributed by atoms with van der Waals surface area (Å²) in [6.07, 6.45) is 0.726. The molecule has 0 aliphatic carbocycles. The normalized spacial score (nSPS) is 12.0. The Bertz CT molecular complexity index is 661. The smallest absolute Gasteiger partial charge is 0.326 e. The van der Waals surface area contributed by atoms with Gasteiger partial charge < -0.3 is 14.8 Å². The molecule has 22 heavy (non-hydrogen) atoms. The predicted molar refractivity (Wildman–Crippen MR) is 82.8 cm³/mol. The second-order valence-electron chi connectivity index (χ2n) is 5.10. The van der Waals surface area contributed by atoms with Crippen LogP contribution >= 0.6 is 0 Å². The highest BCUT2D eigenvalue weighted by Gasteiger charge is 2.23. The lowest BCUT2D eigenvalue weighted by Crippen LogP contribution is -2.21. The summed E-state index contributed by atoms with van der Waals surface area (Å²) in [6.45, 7) is 1.81. The molecule has 1 aromatic heterocycles. The molecule has 0 spiro atoms. The van der Waals surface area contributed by atoms with E-state index in [1.54, 1.807) is 4.57 Å². The van der Waals surface area contributed by atoms with Crippen molar-refractivity contribution < 1.29 is 19.8 Å². The highest BCUT2D eigenvalue weighted by molar-refractivity contribution is 5.74. The quantitative estimate of drug-likeness (QED) is 0.823. The van der Waals surface area contributed by atoms with Crippen molar-refractivity contribution in [1.29, 1.82) is 0 Å². The van der Waals surface area contributed by atoms with Crippen LogP contribution in [-0.4, -0.2) is 26.7 Å². The summed E-state index contributed by atoms with van der Waals surface area (Å²) in [5.74, 6) is -1.80. The maximum Gasteiger partial charge on any atom is 0.326 e. The lowest BCUT2D eigenvalue weighted by molar-refractivity contribution is -0.141. The number of hydrogen-bond donors (Lipinski definition) is 2. The number of aliphatic carboxylic acids is 2. The van der Waals surface area contributed by atoms with E-state index in [4.69, 9.17) is 5.11 Å². The Morgan fingerprint density at radius 3 is 2.32 bits per heavy atom. The summed E-state index contributed by atoms with van der Waals surface area (Å²) in [7, 11) is 0. The fraction of sp³-hybridized carbons (Fsp3) is 0.294. The number of carboxylic acids is 2. The zero-order valence-corrected chi connectivity index (χ0v) is 12.4. The van der Waals surface area contributed by atoms with Crippen LogP contribution in [0.1, 0.15) is 31.5 Å². The van der Waals surface area contributed by atoms with Gasteiger partial charge in [-0.25, -0.2) is 4.79 Å². The number of aryl methyl sites for hydroxylation is 1. The first-order valence-electron chi connectivity index (χ1n) is 7.24. The highest BCUT2D eigenvalue weighted by Crippen LogP contribution is 2.29. The minimum Gasteiger partial charge on any atom is -0.481 e. The average molecular weight is 301 g/mol. The van der Waals surface area contributed by atoms with Crippen molar-refractivity contribution in [3.8, 4) is 11.3 Å². The van der Waals surface area contributed by atoms with Crippen LogP contribution in [0, 0.1) is 0 Å². The molecular weight excluding hydrogens is 282 g/mol. The molecule has 2 N–H and O–H groups in total. The molecule has 5 nitrogen and oxygen atoms in total.